The van der Waals surface area contributed by atoms with Gasteiger partial charge in [0.15, 0.2) is 0 Å². The van der Waals surface area contributed by atoms with E-state index in [1.54, 1.807) is 20.8 Å². The molecule has 9 nitrogen and oxygen atoms in total. The highest BCUT2D eigenvalue weighted by Gasteiger charge is 2.29. The number of esters is 3. The van der Waals surface area contributed by atoms with Gasteiger partial charge >= 0.3 is 23.8 Å². The lowest BCUT2D eigenvalue weighted by molar-refractivity contribution is -0.152. The Labute approximate surface area is 193 Å². The van der Waals surface area contributed by atoms with E-state index in [1.807, 2.05) is 30.3 Å². The second-order valence-electron chi connectivity index (χ2n) is 6.52. The number of anilines is 1. The van der Waals surface area contributed by atoms with Crippen molar-refractivity contribution in [1.29, 1.82) is 0 Å². The molecule has 0 bridgehead atoms. The minimum absolute atomic E-state index is 0.00254. The number of aromatic nitrogens is 1. The highest BCUT2D eigenvalue weighted by atomic mass is 32.1. The van der Waals surface area contributed by atoms with E-state index in [0.717, 1.165) is 16.9 Å². The lowest BCUT2D eigenvalue weighted by Crippen LogP contribution is -2.26. The number of carbonyl (C=O) groups is 4. The number of fused-ring (bicyclic) bond motifs is 1. The van der Waals surface area contributed by atoms with E-state index >= 15 is 0 Å². The van der Waals surface area contributed by atoms with Crippen molar-refractivity contribution < 1.29 is 33.4 Å². The van der Waals surface area contributed by atoms with Crippen LogP contribution in [0, 0.1) is 0 Å². The van der Waals surface area contributed by atoms with Gasteiger partial charge in [-0.15, -0.1) is 11.3 Å². The Balaban J connectivity index is 2.27. The third kappa shape index (κ3) is 5.17. The number of rotatable bonds is 7. The van der Waals surface area contributed by atoms with E-state index in [2.05, 4.69) is 10.3 Å². The van der Waals surface area contributed by atoms with Gasteiger partial charge in [0.05, 0.1) is 42.2 Å². The van der Waals surface area contributed by atoms with Gasteiger partial charge in [-0.3, -0.25) is 4.79 Å². The lowest BCUT2D eigenvalue weighted by Gasteiger charge is -2.10. The van der Waals surface area contributed by atoms with Crippen molar-refractivity contribution in [2.24, 2.45) is 0 Å². The molecular formula is C23H22N2O7S. The van der Waals surface area contributed by atoms with Crippen LogP contribution in [0.25, 0.3) is 21.5 Å². The highest BCUT2D eigenvalue weighted by Crippen LogP contribution is 2.39. The number of hydrogen-bond donors (Lipinski definition) is 1. The minimum Gasteiger partial charge on any atom is -0.462 e. The molecule has 0 fully saturated rings. The normalized spacial score (nSPS) is 10.5. The summed E-state index contributed by atoms with van der Waals surface area (Å²) in [5, 5.41) is 2.58. The Hall–Kier alpha value is -3.79. The van der Waals surface area contributed by atoms with Crippen LogP contribution in [-0.2, 0) is 23.8 Å². The second kappa shape index (κ2) is 10.7. The molecule has 0 aliphatic heterocycles. The summed E-state index contributed by atoms with van der Waals surface area (Å²) in [4.78, 5) is 54.7. The van der Waals surface area contributed by atoms with E-state index < -0.39 is 23.8 Å². The van der Waals surface area contributed by atoms with Crippen LogP contribution in [-0.4, -0.2) is 48.6 Å². The molecule has 172 valence electrons. The fourth-order valence-corrected chi connectivity index (χ4v) is 4.09. The Morgan fingerprint density at radius 3 is 2.18 bits per heavy atom. The zero-order valence-corrected chi connectivity index (χ0v) is 19.1. The first-order chi connectivity index (χ1) is 15.9. The minimum atomic E-state index is -1.13. The van der Waals surface area contributed by atoms with Gasteiger partial charge < -0.3 is 19.5 Å². The molecule has 0 spiro atoms. The number of carbonyl (C=O) groups excluding carboxylic acids is 4. The molecular weight excluding hydrogens is 448 g/mol. The van der Waals surface area contributed by atoms with E-state index in [0.29, 0.717) is 10.5 Å². The zero-order chi connectivity index (χ0) is 24.0. The van der Waals surface area contributed by atoms with Gasteiger partial charge in [0, 0.05) is 5.56 Å². The summed E-state index contributed by atoms with van der Waals surface area (Å²) in [6.07, 6.45) is 0. The molecule has 2 heterocycles. The van der Waals surface area contributed by atoms with Crippen LogP contribution >= 0.6 is 11.3 Å². The first-order valence-corrected chi connectivity index (χ1v) is 11.1. The number of nitrogens with one attached hydrogen (secondary N) is 1. The van der Waals surface area contributed by atoms with Crippen LogP contribution in [0.2, 0.25) is 0 Å². The van der Waals surface area contributed by atoms with Gasteiger partial charge in [0.2, 0.25) is 0 Å². The number of ether oxygens (including phenoxy) is 3. The molecule has 3 aromatic rings. The first-order valence-electron chi connectivity index (χ1n) is 10.3. The predicted octanol–water partition coefficient (Wildman–Crippen LogP) is 3.82. The molecule has 1 amide bonds. The number of thiophene rings is 1. The van der Waals surface area contributed by atoms with Crippen molar-refractivity contribution >= 4 is 51.1 Å². The van der Waals surface area contributed by atoms with Crippen LogP contribution in [0.3, 0.4) is 0 Å². The van der Waals surface area contributed by atoms with E-state index in [-0.39, 0.29) is 41.3 Å². The van der Waals surface area contributed by atoms with Crippen molar-refractivity contribution in [3.05, 3.63) is 46.8 Å². The molecule has 0 aliphatic carbocycles. The SMILES string of the molecule is CCOC(=O)C(=O)Nc1c(C(=O)OCC)sc2nc(-c3ccccc3)cc(C(=O)OCC)c12. The van der Waals surface area contributed by atoms with Crippen molar-refractivity contribution in [2.75, 3.05) is 25.1 Å². The summed E-state index contributed by atoms with van der Waals surface area (Å²) in [7, 11) is 0. The van der Waals surface area contributed by atoms with Gasteiger partial charge in [0.1, 0.15) is 9.71 Å². The van der Waals surface area contributed by atoms with E-state index in [4.69, 9.17) is 14.2 Å². The third-order valence-corrected chi connectivity index (χ3v) is 5.45. The number of nitrogens with zero attached hydrogens (tertiary/aromatic N) is 1. The van der Waals surface area contributed by atoms with Crippen molar-refractivity contribution in [2.45, 2.75) is 20.8 Å². The maximum atomic E-state index is 12.9. The Kier molecular flexibility index (Phi) is 7.73. The Morgan fingerprint density at radius 1 is 0.909 bits per heavy atom. The average Bonchev–Trinajstić information content (AvgIpc) is 3.17. The lowest BCUT2D eigenvalue weighted by atomic mass is 10.1. The summed E-state index contributed by atoms with van der Waals surface area (Å²) in [5.41, 5.74) is 1.26. The van der Waals surface area contributed by atoms with Crippen LogP contribution in [0.5, 0.6) is 0 Å². The van der Waals surface area contributed by atoms with Gasteiger partial charge in [-0.1, -0.05) is 30.3 Å². The fourth-order valence-electron chi connectivity index (χ4n) is 3.05. The molecule has 0 unspecified atom stereocenters. The summed E-state index contributed by atoms with van der Waals surface area (Å²) in [5.74, 6) is -3.61. The maximum absolute atomic E-state index is 12.9. The number of pyridine rings is 1. The molecule has 2 aromatic heterocycles. The number of hydrogen-bond acceptors (Lipinski definition) is 9. The van der Waals surface area contributed by atoms with Crippen LogP contribution in [0.1, 0.15) is 40.8 Å². The van der Waals surface area contributed by atoms with E-state index in [9.17, 15) is 19.2 Å². The molecule has 1 aromatic carbocycles. The average molecular weight is 471 g/mol. The molecule has 1 N–H and O–H groups in total. The number of amides is 1. The van der Waals surface area contributed by atoms with Crippen LogP contribution in [0.15, 0.2) is 36.4 Å². The maximum Gasteiger partial charge on any atom is 0.397 e. The first kappa shape index (κ1) is 23.9. The summed E-state index contributed by atoms with van der Waals surface area (Å²) in [6, 6.07) is 10.7. The molecule has 0 saturated heterocycles. The van der Waals surface area contributed by atoms with Crippen molar-refractivity contribution in [3.8, 4) is 11.3 Å². The van der Waals surface area contributed by atoms with Gasteiger partial charge in [-0.2, -0.15) is 0 Å². The molecule has 10 heteroatoms. The van der Waals surface area contributed by atoms with Crippen LogP contribution in [0.4, 0.5) is 5.69 Å². The van der Waals surface area contributed by atoms with Gasteiger partial charge in [-0.05, 0) is 26.8 Å². The standard InChI is InChI=1S/C23H22N2O7S/c1-4-30-21(27)14-12-15(13-10-8-7-9-11-13)24-20-16(14)17(18(33-20)22(28)31-5-2)25-19(26)23(29)32-6-3/h7-12H,4-6H2,1-3H3,(H,25,26). The van der Waals surface area contributed by atoms with Crippen LogP contribution < -0.4 is 5.32 Å². The molecule has 0 aliphatic rings. The largest absolute Gasteiger partial charge is 0.462 e. The summed E-state index contributed by atoms with van der Waals surface area (Å²) in [6.45, 7) is 5.06. The number of benzene rings is 1. The molecule has 0 radical (unpaired) electrons. The third-order valence-electron chi connectivity index (χ3n) is 4.39. The molecule has 3 rings (SSSR count). The quantitative estimate of drug-likeness (QED) is 0.314. The zero-order valence-electron chi connectivity index (χ0n) is 18.3. The fraction of sp³-hybridized carbons (Fsp3) is 0.261. The molecule has 0 atom stereocenters. The molecule has 33 heavy (non-hydrogen) atoms. The summed E-state index contributed by atoms with van der Waals surface area (Å²) < 4.78 is 15.1. The van der Waals surface area contributed by atoms with Crippen molar-refractivity contribution in [3.63, 3.8) is 0 Å². The van der Waals surface area contributed by atoms with Gasteiger partial charge in [-0.25, -0.2) is 19.4 Å². The second-order valence-corrected chi connectivity index (χ2v) is 7.52. The van der Waals surface area contributed by atoms with Crippen molar-refractivity contribution in [1.82, 2.24) is 4.98 Å². The van der Waals surface area contributed by atoms with Gasteiger partial charge in [0.25, 0.3) is 0 Å². The smallest absolute Gasteiger partial charge is 0.397 e. The summed E-state index contributed by atoms with van der Waals surface area (Å²) >= 11 is 0.937. The topological polar surface area (TPSA) is 121 Å². The Bertz CT molecular complexity index is 1200. The Morgan fingerprint density at radius 2 is 1.55 bits per heavy atom. The predicted molar refractivity (Wildman–Crippen MR) is 122 cm³/mol. The highest BCUT2D eigenvalue weighted by molar-refractivity contribution is 7.21. The van der Waals surface area contributed by atoms with E-state index in [1.165, 1.54) is 6.07 Å². The molecule has 0 saturated carbocycles. The monoisotopic (exact) mass is 470 g/mol.